The van der Waals surface area contributed by atoms with Gasteiger partial charge in [-0.3, -0.25) is 5.10 Å². The van der Waals surface area contributed by atoms with Gasteiger partial charge in [0.1, 0.15) is 12.2 Å². The zero-order chi connectivity index (χ0) is 12.2. The standard InChI is InChI=1S/C13H22N4O/c1(11-4-8-18-9-11)5-17-6-2-12(3-7-17)13-14-10-15-16-13/h10-12H,1-9H2,(H,14,15,16)/t11-/m0/s1. The van der Waals surface area contributed by atoms with Crippen molar-refractivity contribution in [3.05, 3.63) is 12.2 Å². The molecule has 0 radical (unpaired) electrons. The summed E-state index contributed by atoms with van der Waals surface area (Å²) in [7, 11) is 0. The molecule has 3 rings (SSSR count). The molecule has 0 unspecified atom stereocenters. The Morgan fingerprint density at radius 1 is 1.33 bits per heavy atom. The van der Waals surface area contributed by atoms with Gasteiger partial charge in [0.2, 0.25) is 0 Å². The van der Waals surface area contributed by atoms with Crippen molar-refractivity contribution in [2.75, 3.05) is 32.8 Å². The summed E-state index contributed by atoms with van der Waals surface area (Å²) >= 11 is 0. The van der Waals surface area contributed by atoms with Crippen molar-refractivity contribution in [2.24, 2.45) is 5.92 Å². The Bertz CT molecular complexity index is 340. The number of aromatic amines is 1. The molecule has 1 N–H and O–H groups in total. The zero-order valence-corrected chi connectivity index (χ0v) is 10.8. The number of rotatable bonds is 4. The van der Waals surface area contributed by atoms with Crippen LogP contribution in [0.2, 0.25) is 0 Å². The Morgan fingerprint density at radius 2 is 2.22 bits per heavy atom. The van der Waals surface area contributed by atoms with Gasteiger partial charge in [0.05, 0.1) is 0 Å². The first-order valence-corrected chi connectivity index (χ1v) is 7.07. The zero-order valence-electron chi connectivity index (χ0n) is 10.8. The van der Waals surface area contributed by atoms with Gasteiger partial charge in [-0.15, -0.1) is 0 Å². The van der Waals surface area contributed by atoms with Crippen molar-refractivity contribution in [1.82, 2.24) is 20.1 Å². The van der Waals surface area contributed by atoms with Gasteiger partial charge in [0.25, 0.3) is 0 Å². The molecular weight excluding hydrogens is 228 g/mol. The number of ether oxygens (including phenoxy) is 1. The van der Waals surface area contributed by atoms with E-state index < -0.39 is 0 Å². The van der Waals surface area contributed by atoms with Crippen LogP contribution in [0, 0.1) is 5.92 Å². The van der Waals surface area contributed by atoms with E-state index in [0.29, 0.717) is 5.92 Å². The third-order valence-corrected chi connectivity index (χ3v) is 4.29. The molecule has 3 heterocycles. The normalized spacial score (nSPS) is 26.8. The van der Waals surface area contributed by atoms with Gasteiger partial charge in [-0.25, -0.2) is 4.98 Å². The first kappa shape index (κ1) is 12.1. The van der Waals surface area contributed by atoms with Gasteiger partial charge in [-0.05, 0) is 51.2 Å². The monoisotopic (exact) mass is 250 g/mol. The van der Waals surface area contributed by atoms with Gasteiger partial charge in [0.15, 0.2) is 0 Å². The van der Waals surface area contributed by atoms with Gasteiger partial charge < -0.3 is 9.64 Å². The van der Waals surface area contributed by atoms with Crippen LogP contribution in [0.25, 0.3) is 0 Å². The molecule has 0 saturated carbocycles. The van der Waals surface area contributed by atoms with Crippen molar-refractivity contribution >= 4 is 0 Å². The minimum Gasteiger partial charge on any atom is -0.381 e. The summed E-state index contributed by atoms with van der Waals surface area (Å²) in [6.07, 6.45) is 6.58. The van der Waals surface area contributed by atoms with Gasteiger partial charge in [-0.1, -0.05) is 0 Å². The van der Waals surface area contributed by atoms with Crippen LogP contribution in [0.3, 0.4) is 0 Å². The molecule has 2 aliphatic rings. The fourth-order valence-electron chi connectivity index (χ4n) is 3.02. The smallest absolute Gasteiger partial charge is 0.137 e. The first-order valence-electron chi connectivity index (χ1n) is 7.07. The number of aromatic nitrogens is 3. The molecular formula is C13H22N4O. The van der Waals surface area contributed by atoms with Crippen molar-refractivity contribution in [2.45, 2.75) is 31.6 Å². The Balaban J connectivity index is 1.40. The molecule has 100 valence electrons. The van der Waals surface area contributed by atoms with E-state index in [0.717, 1.165) is 25.0 Å². The third kappa shape index (κ3) is 2.90. The molecule has 18 heavy (non-hydrogen) atoms. The lowest BCUT2D eigenvalue weighted by molar-refractivity contribution is 0.169. The lowest BCUT2D eigenvalue weighted by Crippen LogP contribution is -2.34. The number of H-pyrrole nitrogens is 1. The summed E-state index contributed by atoms with van der Waals surface area (Å²) in [5, 5.41) is 6.94. The summed E-state index contributed by atoms with van der Waals surface area (Å²) in [6.45, 7) is 5.57. The van der Waals surface area contributed by atoms with Crippen LogP contribution in [0.4, 0.5) is 0 Å². The molecule has 1 aromatic rings. The molecule has 2 aliphatic heterocycles. The summed E-state index contributed by atoms with van der Waals surface area (Å²) in [5.74, 6) is 2.45. The van der Waals surface area contributed by atoms with Crippen LogP contribution in [-0.4, -0.2) is 52.9 Å². The molecule has 5 nitrogen and oxygen atoms in total. The molecule has 0 aliphatic carbocycles. The van der Waals surface area contributed by atoms with Crippen molar-refractivity contribution in [3.8, 4) is 0 Å². The number of nitrogens with one attached hydrogen (secondary N) is 1. The van der Waals surface area contributed by atoms with Crippen LogP contribution in [-0.2, 0) is 4.74 Å². The minimum absolute atomic E-state index is 0.582. The highest BCUT2D eigenvalue weighted by Gasteiger charge is 2.23. The summed E-state index contributed by atoms with van der Waals surface area (Å²) in [6, 6.07) is 0. The Labute approximate surface area is 108 Å². The maximum absolute atomic E-state index is 5.43. The maximum atomic E-state index is 5.43. The molecule has 0 spiro atoms. The molecule has 0 aromatic carbocycles. The van der Waals surface area contributed by atoms with Gasteiger partial charge in [0, 0.05) is 19.1 Å². The fourth-order valence-corrected chi connectivity index (χ4v) is 3.02. The number of hydrogen-bond donors (Lipinski definition) is 1. The number of likely N-dealkylation sites (tertiary alicyclic amines) is 1. The number of hydrogen-bond acceptors (Lipinski definition) is 4. The lowest BCUT2D eigenvalue weighted by atomic mass is 9.95. The van der Waals surface area contributed by atoms with Crippen molar-refractivity contribution in [1.29, 1.82) is 0 Å². The number of piperidine rings is 1. The van der Waals surface area contributed by atoms with Gasteiger partial charge in [-0.2, -0.15) is 5.10 Å². The van der Waals surface area contributed by atoms with E-state index >= 15 is 0 Å². The lowest BCUT2D eigenvalue weighted by Gasteiger charge is -2.31. The predicted molar refractivity (Wildman–Crippen MR) is 68.3 cm³/mol. The molecule has 5 heteroatoms. The first-order chi connectivity index (χ1) is 8.92. The fraction of sp³-hybridized carbons (Fsp3) is 0.846. The van der Waals surface area contributed by atoms with E-state index in [2.05, 4.69) is 20.1 Å². The van der Waals surface area contributed by atoms with E-state index in [4.69, 9.17) is 4.74 Å². The van der Waals surface area contributed by atoms with Crippen LogP contribution < -0.4 is 0 Å². The second-order valence-electron chi connectivity index (χ2n) is 5.50. The molecule has 0 bridgehead atoms. The maximum Gasteiger partial charge on any atom is 0.137 e. The molecule has 2 saturated heterocycles. The van der Waals surface area contributed by atoms with Crippen LogP contribution >= 0.6 is 0 Å². The molecule has 2 fully saturated rings. The summed E-state index contributed by atoms with van der Waals surface area (Å²) in [4.78, 5) is 6.86. The topological polar surface area (TPSA) is 54.0 Å². The Kier molecular flexibility index (Phi) is 3.90. The van der Waals surface area contributed by atoms with Crippen LogP contribution in [0.5, 0.6) is 0 Å². The molecule has 0 amide bonds. The van der Waals surface area contributed by atoms with Crippen LogP contribution in [0.15, 0.2) is 6.33 Å². The highest BCUT2D eigenvalue weighted by Crippen LogP contribution is 2.25. The van der Waals surface area contributed by atoms with Crippen molar-refractivity contribution < 1.29 is 4.74 Å². The predicted octanol–water partition coefficient (Wildman–Crippen LogP) is 1.41. The van der Waals surface area contributed by atoms with E-state index in [1.165, 1.54) is 45.3 Å². The largest absolute Gasteiger partial charge is 0.381 e. The SMILES string of the molecule is c1n[nH]c(C2CCN(CC[C@H]3CCOC3)CC2)n1. The van der Waals surface area contributed by atoms with E-state index in [1.807, 2.05) is 0 Å². The third-order valence-electron chi connectivity index (χ3n) is 4.29. The molecule has 1 atom stereocenters. The van der Waals surface area contributed by atoms with E-state index in [1.54, 1.807) is 6.33 Å². The van der Waals surface area contributed by atoms with Crippen LogP contribution in [0.1, 0.15) is 37.4 Å². The van der Waals surface area contributed by atoms with Crippen molar-refractivity contribution in [3.63, 3.8) is 0 Å². The second kappa shape index (κ2) is 5.80. The Hall–Kier alpha value is -0.940. The number of nitrogens with zero attached hydrogens (tertiary/aromatic N) is 3. The van der Waals surface area contributed by atoms with E-state index in [9.17, 15) is 0 Å². The quantitative estimate of drug-likeness (QED) is 0.878. The average molecular weight is 250 g/mol. The second-order valence-corrected chi connectivity index (χ2v) is 5.50. The minimum atomic E-state index is 0.582. The molecule has 1 aromatic heterocycles. The summed E-state index contributed by atoms with van der Waals surface area (Å²) < 4.78 is 5.43. The van der Waals surface area contributed by atoms with Gasteiger partial charge >= 0.3 is 0 Å². The summed E-state index contributed by atoms with van der Waals surface area (Å²) in [5.41, 5.74) is 0. The average Bonchev–Trinajstić information content (AvgIpc) is 3.10. The highest BCUT2D eigenvalue weighted by molar-refractivity contribution is 4.95. The highest BCUT2D eigenvalue weighted by atomic mass is 16.5. The Morgan fingerprint density at radius 3 is 2.89 bits per heavy atom. The van der Waals surface area contributed by atoms with E-state index in [-0.39, 0.29) is 0 Å².